The van der Waals surface area contributed by atoms with Gasteiger partial charge in [0, 0.05) is 31.0 Å². The molecule has 0 unspecified atom stereocenters. The molecular formula is C21H30FIN4O2S. The number of rotatable bonds is 10. The van der Waals surface area contributed by atoms with Gasteiger partial charge in [-0.25, -0.2) is 9.38 Å². The molecule has 2 rings (SSSR count). The fraction of sp³-hybridized carbons (Fsp3) is 0.429. The van der Waals surface area contributed by atoms with Gasteiger partial charge in [0.15, 0.2) is 11.7 Å². The molecule has 0 fully saturated rings. The van der Waals surface area contributed by atoms with Gasteiger partial charge in [-0.05, 0) is 55.9 Å². The van der Waals surface area contributed by atoms with Crippen LogP contribution in [0.25, 0.3) is 0 Å². The molecule has 0 saturated heterocycles. The molecule has 2 aromatic rings. The van der Waals surface area contributed by atoms with Crippen molar-refractivity contribution in [1.82, 2.24) is 16.0 Å². The van der Waals surface area contributed by atoms with Crippen molar-refractivity contribution in [2.45, 2.75) is 32.6 Å². The zero-order chi connectivity index (χ0) is 21.1. The Bertz CT molecular complexity index is 829. The number of aryl methyl sites for hydroxylation is 1. The number of furan rings is 1. The smallest absolute Gasteiger partial charge is 0.287 e. The maximum Gasteiger partial charge on any atom is 0.287 e. The number of halogens is 2. The minimum absolute atomic E-state index is 0. The fourth-order valence-corrected chi connectivity index (χ4v) is 3.31. The van der Waals surface area contributed by atoms with Crippen LogP contribution in [0.1, 0.15) is 40.6 Å². The summed E-state index contributed by atoms with van der Waals surface area (Å²) in [6.07, 6.45) is 4.25. The van der Waals surface area contributed by atoms with E-state index in [1.807, 2.05) is 20.1 Å². The molecule has 0 saturated carbocycles. The SMILES string of the molecule is CCNC(=NCc1ccc(F)cc1CSC)NCCCNC(=O)c1occc1C.I. The Hall–Kier alpha value is -1.75. The summed E-state index contributed by atoms with van der Waals surface area (Å²) in [5.74, 6) is 1.37. The number of nitrogens with zero attached hydrogens (tertiary/aromatic N) is 1. The largest absolute Gasteiger partial charge is 0.459 e. The van der Waals surface area contributed by atoms with Crippen LogP contribution in [0.4, 0.5) is 4.39 Å². The Morgan fingerprint density at radius 3 is 2.60 bits per heavy atom. The van der Waals surface area contributed by atoms with Crippen LogP contribution in [0, 0.1) is 12.7 Å². The van der Waals surface area contributed by atoms with Crippen molar-refractivity contribution in [3.05, 3.63) is 58.8 Å². The van der Waals surface area contributed by atoms with Crippen molar-refractivity contribution < 1.29 is 13.6 Å². The van der Waals surface area contributed by atoms with Gasteiger partial charge in [-0.1, -0.05) is 6.07 Å². The van der Waals surface area contributed by atoms with Crippen LogP contribution in [0.2, 0.25) is 0 Å². The number of carbonyl (C=O) groups is 1. The first-order chi connectivity index (χ1) is 14.0. The molecule has 30 heavy (non-hydrogen) atoms. The highest BCUT2D eigenvalue weighted by molar-refractivity contribution is 14.0. The van der Waals surface area contributed by atoms with E-state index >= 15 is 0 Å². The monoisotopic (exact) mass is 548 g/mol. The van der Waals surface area contributed by atoms with Crippen molar-refractivity contribution in [3.63, 3.8) is 0 Å². The van der Waals surface area contributed by atoms with E-state index in [1.54, 1.807) is 30.0 Å². The van der Waals surface area contributed by atoms with Crippen molar-refractivity contribution in [2.75, 3.05) is 25.9 Å². The number of nitrogens with one attached hydrogen (secondary N) is 3. The average molecular weight is 548 g/mol. The molecule has 0 aliphatic heterocycles. The zero-order valence-electron chi connectivity index (χ0n) is 17.6. The minimum Gasteiger partial charge on any atom is -0.459 e. The van der Waals surface area contributed by atoms with Crippen molar-refractivity contribution in [3.8, 4) is 0 Å². The Morgan fingerprint density at radius 1 is 1.17 bits per heavy atom. The Morgan fingerprint density at radius 2 is 1.93 bits per heavy atom. The average Bonchev–Trinajstić information content (AvgIpc) is 3.13. The second kappa shape index (κ2) is 14.3. The van der Waals surface area contributed by atoms with Crippen LogP contribution in [0.5, 0.6) is 0 Å². The van der Waals surface area contributed by atoms with Crippen LogP contribution in [-0.4, -0.2) is 37.8 Å². The third-order valence-electron chi connectivity index (χ3n) is 4.22. The molecule has 1 heterocycles. The van der Waals surface area contributed by atoms with Crippen LogP contribution < -0.4 is 16.0 Å². The maximum atomic E-state index is 13.5. The highest BCUT2D eigenvalue weighted by Gasteiger charge is 2.11. The molecule has 1 aromatic heterocycles. The van der Waals surface area contributed by atoms with E-state index < -0.39 is 0 Å². The summed E-state index contributed by atoms with van der Waals surface area (Å²) < 4.78 is 18.7. The molecule has 0 bridgehead atoms. The molecule has 0 radical (unpaired) electrons. The van der Waals surface area contributed by atoms with E-state index in [0.717, 1.165) is 35.4 Å². The molecule has 9 heteroatoms. The molecule has 3 N–H and O–H groups in total. The predicted molar refractivity (Wildman–Crippen MR) is 132 cm³/mol. The standard InChI is InChI=1S/C21H29FN4O2S.HI/c1-4-23-21(26-13-16-6-7-18(22)12-17(16)14-29-3)25-10-5-9-24-20(27)19-15(2)8-11-28-19;/h6-8,11-12H,4-5,9-10,13-14H2,1-3H3,(H,24,27)(H2,23,25,26);1H. The molecule has 0 atom stereocenters. The van der Waals surface area contributed by atoms with Crippen molar-refractivity contribution in [2.24, 2.45) is 4.99 Å². The van der Waals surface area contributed by atoms with Crippen LogP contribution in [-0.2, 0) is 12.3 Å². The molecule has 1 amide bonds. The van der Waals surface area contributed by atoms with Crippen LogP contribution >= 0.6 is 35.7 Å². The summed E-state index contributed by atoms with van der Waals surface area (Å²) >= 11 is 1.66. The normalized spacial score (nSPS) is 11.0. The molecule has 0 spiro atoms. The number of carbonyl (C=O) groups excluding carboxylic acids is 1. The molecule has 0 aliphatic carbocycles. The first kappa shape index (κ1) is 26.3. The topological polar surface area (TPSA) is 78.7 Å². The van der Waals surface area contributed by atoms with Gasteiger partial charge in [0.2, 0.25) is 0 Å². The fourth-order valence-electron chi connectivity index (χ4n) is 2.73. The second-order valence-electron chi connectivity index (χ2n) is 6.51. The Kier molecular flexibility index (Phi) is 12.5. The van der Waals surface area contributed by atoms with Crippen LogP contribution in [0.15, 0.2) is 39.9 Å². The summed E-state index contributed by atoms with van der Waals surface area (Å²) in [4.78, 5) is 16.6. The summed E-state index contributed by atoms with van der Waals surface area (Å²) in [6.45, 7) is 6.23. The van der Waals surface area contributed by atoms with E-state index in [9.17, 15) is 9.18 Å². The van der Waals surface area contributed by atoms with Gasteiger partial charge < -0.3 is 20.4 Å². The van der Waals surface area contributed by atoms with Gasteiger partial charge in [-0.15, -0.1) is 24.0 Å². The minimum atomic E-state index is -0.224. The number of hydrogen-bond donors (Lipinski definition) is 3. The lowest BCUT2D eigenvalue weighted by Crippen LogP contribution is -2.38. The lowest BCUT2D eigenvalue weighted by Gasteiger charge is -2.12. The summed E-state index contributed by atoms with van der Waals surface area (Å²) in [7, 11) is 0. The number of thioether (sulfide) groups is 1. The Balaban J connectivity index is 0.00000450. The van der Waals surface area contributed by atoms with Gasteiger partial charge in [0.05, 0.1) is 12.8 Å². The van der Waals surface area contributed by atoms with E-state index in [2.05, 4.69) is 20.9 Å². The first-order valence-electron chi connectivity index (χ1n) is 9.65. The predicted octanol–water partition coefficient (Wildman–Crippen LogP) is 4.08. The highest BCUT2D eigenvalue weighted by Crippen LogP contribution is 2.17. The Labute approximate surface area is 198 Å². The number of aliphatic imine (C=N–C) groups is 1. The van der Waals surface area contributed by atoms with Crippen molar-refractivity contribution in [1.29, 1.82) is 0 Å². The van der Waals surface area contributed by atoms with E-state index in [-0.39, 0.29) is 35.7 Å². The van der Waals surface area contributed by atoms with E-state index in [4.69, 9.17) is 4.42 Å². The quantitative estimate of drug-likeness (QED) is 0.181. The lowest BCUT2D eigenvalue weighted by molar-refractivity contribution is 0.0925. The van der Waals surface area contributed by atoms with Crippen LogP contribution in [0.3, 0.4) is 0 Å². The van der Waals surface area contributed by atoms with E-state index in [1.165, 1.54) is 12.3 Å². The number of hydrogen-bond acceptors (Lipinski definition) is 4. The number of guanidine groups is 1. The molecule has 6 nitrogen and oxygen atoms in total. The summed E-state index contributed by atoms with van der Waals surface area (Å²) in [5, 5.41) is 9.31. The summed E-state index contributed by atoms with van der Waals surface area (Å²) in [5.41, 5.74) is 2.80. The van der Waals surface area contributed by atoms with Crippen molar-refractivity contribution >= 4 is 47.6 Å². The number of benzene rings is 1. The highest BCUT2D eigenvalue weighted by atomic mass is 127. The van der Waals surface area contributed by atoms with Gasteiger partial charge >= 0.3 is 0 Å². The molecule has 166 valence electrons. The third-order valence-corrected chi connectivity index (χ3v) is 4.82. The molecular weight excluding hydrogens is 518 g/mol. The third kappa shape index (κ3) is 8.55. The van der Waals surface area contributed by atoms with Gasteiger partial charge in [0.1, 0.15) is 5.82 Å². The maximum absolute atomic E-state index is 13.5. The molecule has 1 aromatic carbocycles. The second-order valence-corrected chi connectivity index (χ2v) is 7.38. The summed E-state index contributed by atoms with van der Waals surface area (Å²) in [6, 6.07) is 6.60. The number of amides is 1. The zero-order valence-corrected chi connectivity index (χ0v) is 20.7. The molecule has 0 aliphatic rings. The van der Waals surface area contributed by atoms with Gasteiger partial charge in [-0.3, -0.25) is 4.79 Å². The lowest BCUT2D eigenvalue weighted by atomic mass is 10.1. The van der Waals surface area contributed by atoms with Gasteiger partial charge in [-0.2, -0.15) is 11.8 Å². The van der Waals surface area contributed by atoms with Gasteiger partial charge in [0.25, 0.3) is 5.91 Å². The first-order valence-corrected chi connectivity index (χ1v) is 11.0. The van der Waals surface area contributed by atoms with E-state index in [0.29, 0.717) is 31.4 Å².